The summed E-state index contributed by atoms with van der Waals surface area (Å²) in [6.45, 7) is 9.55. The van der Waals surface area contributed by atoms with Gasteiger partial charge in [0.15, 0.2) is 0 Å². The molecule has 10 heteroatoms. The summed E-state index contributed by atoms with van der Waals surface area (Å²) in [5.74, 6) is -2.06. The van der Waals surface area contributed by atoms with Crippen molar-refractivity contribution in [1.29, 1.82) is 0 Å². The molecule has 10 nitrogen and oxygen atoms in total. The number of hydrogen-bond acceptors (Lipinski definition) is 8. The Balaban J connectivity index is 4.16. The molecule has 0 fully saturated rings. The van der Waals surface area contributed by atoms with Crippen LogP contribution in [0.4, 0.5) is 0 Å². The van der Waals surface area contributed by atoms with Gasteiger partial charge in [-0.25, -0.2) is 0 Å². The van der Waals surface area contributed by atoms with Crippen LogP contribution in [0.1, 0.15) is 65.2 Å². The van der Waals surface area contributed by atoms with Crippen LogP contribution in [0.5, 0.6) is 0 Å². The molecule has 0 amide bonds. The van der Waals surface area contributed by atoms with Crippen LogP contribution >= 0.6 is 0 Å². The lowest BCUT2D eigenvalue weighted by Crippen LogP contribution is -2.35. The van der Waals surface area contributed by atoms with Crippen LogP contribution in [0.25, 0.3) is 0 Å². The molecule has 0 aromatic rings. The van der Waals surface area contributed by atoms with E-state index in [9.17, 15) is 14.7 Å². The maximum absolute atomic E-state index is 12.1. The van der Waals surface area contributed by atoms with Crippen LogP contribution < -0.4 is 0 Å². The minimum absolute atomic E-state index is 0.0155. The van der Waals surface area contributed by atoms with E-state index in [-0.39, 0.29) is 38.9 Å². The van der Waals surface area contributed by atoms with Crippen LogP contribution in [-0.2, 0) is 38.0 Å². The predicted molar refractivity (Wildman–Crippen MR) is 131 cm³/mol. The third-order valence-corrected chi connectivity index (χ3v) is 5.49. The zero-order valence-corrected chi connectivity index (χ0v) is 21.8. The fraction of sp³-hybridized carbons (Fsp3) is 0.920. The summed E-state index contributed by atoms with van der Waals surface area (Å²) in [4.78, 5) is 23.2. The van der Waals surface area contributed by atoms with E-state index in [1.165, 1.54) is 0 Å². The molecule has 0 saturated carbocycles. The van der Waals surface area contributed by atoms with Gasteiger partial charge in [0, 0.05) is 32.8 Å². The van der Waals surface area contributed by atoms with E-state index in [0.717, 1.165) is 38.9 Å². The maximum atomic E-state index is 12.1. The zero-order valence-electron chi connectivity index (χ0n) is 21.8. The van der Waals surface area contributed by atoms with Crippen molar-refractivity contribution in [2.24, 2.45) is 5.41 Å². The Morgan fingerprint density at radius 3 is 1.20 bits per heavy atom. The normalized spacial score (nSPS) is 11.7. The molecule has 208 valence electrons. The van der Waals surface area contributed by atoms with E-state index >= 15 is 0 Å². The van der Waals surface area contributed by atoms with E-state index in [2.05, 4.69) is 13.8 Å². The van der Waals surface area contributed by atoms with Crippen molar-refractivity contribution in [3.63, 3.8) is 0 Å². The Labute approximate surface area is 210 Å². The lowest BCUT2D eigenvalue weighted by Gasteiger charge is -2.29. The van der Waals surface area contributed by atoms with Gasteiger partial charge in [-0.2, -0.15) is 0 Å². The number of carboxylic acid groups (broad SMARTS) is 2. The predicted octanol–water partition coefficient (Wildman–Crippen LogP) is 3.40. The Kier molecular flexibility index (Phi) is 23.5. The van der Waals surface area contributed by atoms with Gasteiger partial charge in [-0.3, -0.25) is 9.59 Å². The number of hydrogen-bond donors (Lipinski definition) is 2. The fourth-order valence-corrected chi connectivity index (χ4v) is 3.15. The van der Waals surface area contributed by atoms with E-state index in [1.807, 2.05) is 0 Å². The molecule has 0 aliphatic rings. The van der Waals surface area contributed by atoms with Crippen molar-refractivity contribution in [2.75, 3.05) is 79.3 Å². The molecule has 0 spiro atoms. The van der Waals surface area contributed by atoms with Gasteiger partial charge in [0.05, 0.1) is 58.3 Å². The quantitative estimate of drug-likeness (QED) is 0.152. The van der Waals surface area contributed by atoms with E-state index in [4.69, 9.17) is 33.5 Å². The molecule has 0 aromatic carbocycles. The number of rotatable bonds is 28. The van der Waals surface area contributed by atoms with E-state index in [1.54, 1.807) is 0 Å². The smallest absolute Gasteiger partial charge is 0.309 e. The van der Waals surface area contributed by atoms with Crippen molar-refractivity contribution < 1.29 is 48.2 Å². The second kappa shape index (κ2) is 24.4. The Hall–Kier alpha value is -1.30. The summed E-state index contributed by atoms with van der Waals surface area (Å²) in [6.07, 6.45) is 4.43. The first kappa shape index (κ1) is 33.7. The minimum Gasteiger partial charge on any atom is -0.481 e. The Morgan fingerprint density at radius 2 is 0.886 bits per heavy atom. The summed E-state index contributed by atoms with van der Waals surface area (Å²) in [7, 11) is 0. The summed E-state index contributed by atoms with van der Waals surface area (Å²) in [5.41, 5.74) is -1.22. The van der Waals surface area contributed by atoms with Crippen LogP contribution in [0.2, 0.25) is 0 Å². The van der Waals surface area contributed by atoms with E-state index < -0.39 is 17.4 Å². The van der Waals surface area contributed by atoms with Gasteiger partial charge in [-0.05, 0) is 32.1 Å². The van der Waals surface area contributed by atoms with Crippen LogP contribution in [0.15, 0.2) is 0 Å². The Bertz CT molecular complexity index is 475. The lowest BCUT2D eigenvalue weighted by molar-refractivity contribution is -0.153. The molecular formula is C25H48O10. The molecule has 0 aliphatic carbocycles. The molecule has 0 heterocycles. The molecule has 0 rings (SSSR count). The van der Waals surface area contributed by atoms with Gasteiger partial charge in [-0.15, -0.1) is 0 Å². The second-order valence-corrected chi connectivity index (χ2v) is 8.36. The van der Waals surface area contributed by atoms with Crippen molar-refractivity contribution in [2.45, 2.75) is 65.2 Å². The highest BCUT2D eigenvalue weighted by Crippen LogP contribution is 2.33. The van der Waals surface area contributed by atoms with Gasteiger partial charge in [0.25, 0.3) is 0 Å². The van der Waals surface area contributed by atoms with Crippen LogP contribution in [0.3, 0.4) is 0 Å². The first-order chi connectivity index (χ1) is 17.0. The third-order valence-electron chi connectivity index (χ3n) is 5.49. The number of aliphatic carboxylic acids is 2. The van der Waals surface area contributed by atoms with Crippen molar-refractivity contribution >= 4 is 11.9 Å². The molecule has 0 bridgehead atoms. The van der Waals surface area contributed by atoms with Crippen molar-refractivity contribution in [3.05, 3.63) is 0 Å². The van der Waals surface area contributed by atoms with E-state index in [0.29, 0.717) is 52.9 Å². The van der Waals surface area contributed by atoms with Crippen LogP contribution in [-0.4, -0.2) is 101 Å². The molecule has 35 heavy (non-hydrogen) atoms. The molecule has 0 aromatic heterocycles. The highest BCUT2D eigenvalue weighted by molar-refractivity contribution is 5.76. The summed E-state index contributed by atoms with van der Waals surface area (Å²) >= 11 is 0. The molecule has 0 radical (unpaired) electrons. The monoisotopic (exact) mass is 508 g/mol. The Morgan fingerprint density at radius 1 is 0.543 bits per heavy atom. The number of unbranched alkanes of at least 4 members (excludes halogenated alkanes) is 2. The lowest BCUT2D eigenvalue weighted by atomic mass is 9.77. The SMILES string of the molecule is CCCCOCCOCCOCCC(CCOCCOCCOCCCC)(CCC(=O)O)C(=O)O. The third kappa shape index (κ3) is 20.6. The molecule has 0 atom stereocenters. The number of ether oxygens (including phenoxy) is 6. The highest BCUT2D eigenvalue weighted by atomic mass is 16.5. The van der Waals surface area contributed by atoms with Crippen LogP contribution in [0, 0.1) is 5.41 Å². The first-order valence-electron chi connectivity index (χ1n) is 12.9. The van der Waals surface area contributed by atoms with Gasteiger partial charge in [0.2, 0.25) is 0 Å². The molecule has 2 N–H and O–H groups in total. The average molecular weight is 509 g/mol. The second-order valence-electron chi connectivity index (χ2n) is 8.36. The van der Waals surface area contributed by atoms with Gasteiger partial charge < -0.3 is 38.6 Å². The number of carbonyl (C=O) groups is 2. The standard InChI is InChI=1S/C25H48O10/c1-3-5-11-30-15-19-34-21-17-32-13-9-25(24(28)29,8-7-23(26)27)10-14-33-18-22-35-20-16-31-12-6-4-2/h3-22H2,1-2H3,(H,26,27)(H,28,29). The largest absolute Gasteiger partial charge is 0.481 e. The summed E-state index contributed by atoms with van der Waals surface area (Å²) < 4.78 is 32.8. The molecule has 0 unspecified atom stereocenters. The fourth-order valence-electron chi connectivity index (χ4n) is 3.15. The molecular weight excluding hydrogens is 460 g/mol. The van der Waals surface area contributed by atoms with Crippen molar-refractivity contribution in [3.8, 4) is 0 Å². The maximum Gasteiger partial charge on any atom is 0.309 e. The minimum atomic E-state index is -1.22. The first-order valence-corrected chi connectivity index (χ1v) is 12.9. The van der Waals surface area contributed by atoms with Gasteiger partial charge in [0.1, 0.15) is 0 Å². The highest BCUT2D eigenvalue weighted by Gasteiger charge is 2.38. The van der Waals surface area contributed by atoms with Crippen molar-refractivity contribution in [1.82, 2.24) is 0 Å². The molecule has 0 aliphatic heterocycles. The molecule has 0 saturated heterocycles. The topological polar surface area (TPSA) is 130 Å². The van der Waals surface area contributed by atoms with Gasteiger partial charge in [-0.1, -0.05) is 26.7 Å². The van der Waals surface area contributed by atoms with Gasteiger partial charge >= 0.3 is 11.9 Å². The number of carboxylic acids is 2. The zero-order chi connectivity index (χ0) is 26.0. The average Bonchev–Trinajstić information content (AvgIpc) is 2.83. The summed E-state index contributed by atoms with van der Waals surface area (Å²) in [5, 5.41) is 18.9. The summed E-state index contributed by atoms with van der Waals surface area (Å²) in [6, 6.07) is 0.